The van der Waals surface area contributed by atoms with Crippen LogP contribution in [0.25, 0.3) is 0 Å². The van der Waals surface area contributed by atoms with E-state index >= 15 is 0 Å². The van der Waals surface area contributed by atoms with E-state index in [1.807, 2.05) is 9.80 Å². The first-order chi connectivity index (χ1) is 10.1. The zero-order valence-corrected chi connectivity index (χ0v) is 13.5. The Bertz CT molecular complexity index is 357. The molecule has 0 radical (unpaired) electrons. The monoisotopic (exact) mass is 295 g/mol. The maximum Gasteiger partial charge on any atom is 0.236 e. The zero-order valence-electron chi connectivity index (χ0n) is 13.5. The number of carbonyl (C=O) groups excluding carboxylic acids is 2. The van der Waals surface area contributed by atoms with Crippen molar-refractivity contribution >= 4 is 11.8 Å². The van der Waals surface area contributed by atoms with Gasteiger partial charge in [0.05, 0.1) is 6.54 Å². The van der Waals surface area contributed by atoms with Gasteiger partial charge in [-0.05, 0) is 19.9 Å². The highest BCUT2D eigenvalue weighted by molar-refractivity contribution is 5.79. The Kier molecular flexibility index (Phi) is 6.03. The number of hydrogen-bond donors (Lipinski definition) is 0. The Morgan fingerprint density at radius 1 is 0.952 bits per heavy atom. The molecule has 5 heteroatoms. The summed E-state index contributed by atoms with van der Waals surface area (Å²) in [5.74, 6) is 0.322. The molecule has 120 valence electrons. The molecule has 1 saturated heterocycles. The smallest absolute Gasteiger partial charge is 0.236 e. The van der Waals surface area contributed by atoms with E-state index < -0.39 is 0 Å². The molecule has 1 aliphatic carbocycles. The molecule has 1 heterocycles. The lowest BCUT2D eigenvalue weighted by atomic mass is 10.1. The van der Waals surface area contributed by atoms with Gasteiger partial charge in [0, 0.05) is 39.1 Å². The molecule has 0 aromatic rings. The molecule has 0 bridgehead atoms. The highest BCUT2D eigenvalue weighted by atomic mass is 16.2. The van der Waals surface area contributed by atoms with Crippen molar-refractivity contribution in [2.75, 3.05) is 39.8 Å². The van der Waals surface area contributed by atoms with Crippen LogP contribution in [0.2, 0.25) is 0 Å². The Morgan fingerprint density at radius 2 is 1.48 bits per heavy atom. The highest BCUT2D eigenvalue weighted by Crippen LogP contribution is 2.21. The molecular weight excluding hydrogens is 266 g/mol. The van der Waals surface area contributed by atoms with Gasteiger partial charge in [0.25, 0.3) is 0 Å². The molecule has 1 aliphatic heterocycles. The van der Waals surface area contributed by atoms with Gasteiger partial charge in [-0.1, -0.05) is 25.7 Å². The fourth-order valence-electron chi connectivity index (χ4n) is 3.41. The van der Waals surface area contributed by atoms with Crippen molar-refractivity contribution in [3.05, 3.63) is 0 Å². The number of rotatable bonds is 3. The largest absolute Gasteiger partial charge is 0.339 e. The molecule has 0 unspecified atom stereocenters. The number of likely N-dealkylation sites (N-methyl/N-ethyl adjacent to an activating group) is 1. The second-order valence-electron chi connectivity index (χ2n) is 6.45. The van der Waals surface area contributed by atoms with Gasteiger partial charge in [0.1, 0.15) is 0 Å². The topological polar surface area (TPSA) is 43.9 Å². The SMILES string of the molecule is CC(=O)N1CCN(C(=O)CN(C)C2CCCCCC2)CC1. The standard InChI is InChI=1S/C16H29N3O2/c1-14(20)18-9-11-19(12-10-18)16(21)13-17(2)15-7-5-3-4-6-8-15/h15H,3-13H2,1-2H3. The summed E-state index contributed by atoms with van der Waals surface area (Å²) >= 11 is 0. The van der Waals surface area contributed by atoms with Gasteiger partial charge in [-0.15, -0.1) is 0 Å². The summed E-state index contributed by atoms with van der Waals surface area (Å²) in [6, 6.07) is 0.565. The molecule has 2 fully saturated rings. The van der Waals surface area contributed by atoms with E-state index in [0.717, 1.165) is 0 Å². The summed E-state index contributed by atoms with van der Waals surface area (Å²) in [6.07, 6.45) is 7.71. The van der Waals surface area contributed by atoms with Crippen LogP contribution in [-0.4, -0.2) is 72.3 Å². The number of nitrogens with zero attached hydrogens (tertiary/aromatic N) is 3. The third kappa shape index (κ3) is 4.70. The van der Waals surface area contributed by atoms with Gasteiger partial charge in [-0.3, -0.25) is 14.5 Å². The van der Waals surface area contributed by atoms with Crippen molar-refractivity contribution in [1.82, 2.24) is 14.7 Å². The average molecular weight is 295 g/mol. The van der Waals surface area contributed by atoms with E-state index in [9.17, 15) is 9.59 Å². The summed E-state index contributed by atoms with van der Waals surface area (Å²) in [5, 5.41) is 0. The van der Waals surface area contributed by atoms with Crippen LogP contribution in [0.15, 0.2) is 0 Å². The highest BCUT2D eigenvalue weighted by Gasteiger charge is 2.25. The van der Waals surface area contributed by atoms with Crippen molar-refractivity contribution in [3.63, 3.8) is 0 Å². The molecule has 2 amide bonds. The molecule has 5 nitrogen and oxygen atoms in total. The Morgan fingerprint density at radius 3 is 2.00 bits per heavy atom. The van der Waals surface area contributed by atoms with Crippen LogP contribution in [0.3, 0.4) is 0 Å². The van der Waals surface area contributed by atoms with Crippen molar-refractivity contribution in [1.29, 1.82) is 0 Å². The Hall–Kier alpha value is -1.10. The van der Waals surface area contributed by atoms with Crippen LogP contribution in [0.5, 0.6) is 0 Å². The molecule has 0 aromatic heterocycles. The summed E-state index contributed by atoms with van der Waals surface area (Å²) in [5.41, 5.74) is 0. The van der Waals surface area contributed by atoms with Crippen LogP contribution in [0, 0.1) is 0 Å². The lowest BCUT2D eigenvalue weighted by molar-refractivity contribution is -0.139. The summed E-state index contributed by atoms with van der Waals surface area (Å²) < 4.78 is 0. The summed E-state index contributed by atoms with van der Waals surface area (Å²) in [7, 11) is 2.08. The number of piperazine rings is 1. The lowest BCUT2D eigenvalue weighted by Gasteiger charge is -2.36. The maximum absolute atomic E-state index is 12.4. The predicted molar refractivity (Wildman–Crippen MR) is 83.0 cm³/mol. The maximum atomic E-state index is 12.4. The lowest BCUT2D eigenvalue weighted by Crippen LogP contribution is -2.52. The quantitative estimate of drug-likeness (QED) is 0.738. The van der Waals surface area contributed by atoms with E-state index in [1.165, 1.54) is 38.5 Å². The Labute approximate surface area is 128 Å². The second-order valence-corrected chi connectivity index (χ2v) is 6.45. The van der Waals surface area contributed by atoms with Crippen molar-refractivity contribution in [2.45, 2.75) is 51.5 Å². The molecule has 0 aromatic carbocycles. The minimum absolute atomic E-state index is 0.109. The normalized spacial score (nSPS) is 21.5. The molecule has 1 saturated carbocycles. The minimum atomic E-state index is 0.109. The van der Waals surface area contributed by atoms with E-state index in [4.69, 9.17) is 0 Å². The molecule has 2 rings (SSSR count). The second kappa shape index (κ2) is 7.78. The molecule has 21 heavy (non-hydrogen) atoms. The average Bonchev–Trinajstić information content (AvgIpc) is 2.76. The van der Waals surface area contributed by atoms with Crippen LogP contribution < -0.4 is 0 Å². The van der Waals surface area contributed by atoms with Gasteiger partial charge in [-0.2, -0.15) is 0 Å². The molecule has 0 spiro atoms. The number of hydrogen-bond acceptors (Lipinski definition) is 3. The van der Waals surface area contributed by atoms with Crippen LogP contribution >= 0.6 is 0 Å². The summed E-state index contributed by atoms with van der Waals surface area (Å²) in [6.45, 7) is 4.82. The first-order valence-electron chi connectivity index (χ1n) is 8.31. The van der Waals surface area contributed by atoms with Crippen molar-refractivity contribution < 1.29 is 9.59 Å². The summed E-state index contributed by atoms with van der Waals surface area (Å²) in [4.78, 5) is 29.7. The van der Waals surface area contributed by atoms with Gasteiger partial charge in [0.15, 0.2) is 0 Å². The zero-order chi connectivity index (χ0) is 15.2. The van der Waals surface area contributed by atoms with Gasteiger partial charge >= 0.3 is 0 Å². The molecule has 0 atom stereocenters. The van der Waals surface area contributed by atoms with Gasteiger partial charge < -0.3 is 9.80 Å². The van der Waals surface area contributed by atoms with Gasteiger partial charge in [-0.25, -0.2) is 0 Å². The van der Waals surface area contributed by atoms with Crippen molar-refractivity contribution in [3.8, 4) is 0 Å². The number of carbonyl (C=O) groups is 2. The fourth-order valence-corrected chi connectivity index (χ4v) is 3.41. The minimum Gasteiger partial charge on any atom is -0.339 e. The third-order valence-electron chi connectivity index (χ3n) is 4.91. The van der Waals surface area contributed by atoms with E-state index in [0.29, 0.717) is 38.8 Å². The van der Waals surface area contributed by atoms with E-state index in [2.05, 4.69) is 11.9 Å². The predicted octanol–water partition coefficient (Wildman–Crippen LogP) is 1.33. The first kappa shape index (κ1) is 16.3. The first-order valence-corrected chi connectivity index (χ1v) is 8.31. The third-order valence-corrected chi connectivity index (χ3v) is 4.91. The van der Waals surface area contributed by atoms with Crippen LogP contribution in [0.4, 0.5) is 0 Å². The fraction of sp³-hybridized carbons (Fsp3) is 0.875. The van der Waals surface area contributed by atoms with Gasteiger partial charge in [0.2, 0.25) is 11.8 Å². The van der Waals surface area contributed by atoms with E-state index in [-0.39, 0.29) is 11.8 Å². The van der Waals surface area contributed by atoms with Crippen LogP contribution in [-0.2, 0) is 9.59 Å². The number of amides is 2. The molecule has 2 aliphatic rings. The van der Waals surface area contributed by atoms with E-state index in [1.54, 1.807) is 6.92 Å². The molecular formula is C16H29N3O2. The molecule has 0 N–H and O–H groups in total. The van der Waals surface area contributed by atoms with Crippen molar-refractivity contribution in [2.24, 2.45) is 0 Å². The Balaban J connectivity index is 1.77. The van der Waals surface area contributed by atoms with Crippen LogP contribution in [0.1, 0.15) is 45.4 Å².